The fourth-order valence-electron chi connectivity index (χ4n) is 4.35. The smallest absolute Gasteiger partial charge is 0.348 e. The van der Waals surface area contributed by atoms with Gasteiger partial charge in [0, 0.05) is 10.7 Å². The monoisotopic (exact) mass is 423 g/mol. The van der Waals surface area contributed by atoms with E-state index in [4.69, 9.17) is 0 Å². The van der Waals surface area contributed by atoms with Crippen LogP contribution in [0.25, 0.3) is 10.1 Å². The van der Waals surface area contributed by atoms with E-state index in [0.717, 1.165) is 30.6 Å². The van der Waals surface area contributed by atoms with Crippen molar-refractivity contribution < 1.29 is 18.0 Å². The SMILES string of the molecule is CC1=CCCC([C@@H](NC(=O)c2cc3ccc(C)c(C(F)(F)F)c3s2)C(C)(C)C)C1. The number of alkyl halides is 3. The predicted molar refractivity (Wildman–Crippen MR) is 113 cm³/mol. The minimum atomic E-state index is -4.44. The van der Waals surface area contributed by atoms with Crippen molar-refractivity contribution in [3.63, 3.8) is 0 Å². The molecule has 1 aliphatic rings. The van der Waals surface area contributed by atoms with Crippen molar-refractivity contribution in [2.45, 2.75) is 66.1 Å². The molecule has 158 valence electrons. The summed E-state index contributed by atoms with van der Waals surface area (Å²) < 4.78 is 40.7. The molecule has 1 amide bonds. The molecule has 0 saturated heterocycles. The summed E-state index contributed by atoms with van der Waals surface area (Å²) in [4.78, 5) is 13.4. The van der Waals surface area contributed by atoms with Crippen LogP contribution in [0.5, 0.6) is 0 Å². The van der Waals surface area contributed by atoms with E-state index >= 15 is 0 Å². The van der Waals surface area contributed by atoms with Crippen LogP contribution in [-0.2, 0) is 6.18 Å². The lowest BCUT2D eigenvalue weighted by Crippen LogP contribution is -2.48. The van der Waals surface area contributed by atoms with Crippen LogP contribution < -0.4 is 5.32 Å². The number of allylic oxidation sites excluding steroid dienone is 2. The molecule has 1 aliphatic carbocycles. The van der Waals surface area contributed by atoms with Crippen molar-refractivity contribution in [2.24, 2.45) is 11.3 Å². The number of amides is 1. The quantitative estimate of drug-likeness (QED) is 0.523. The highest BCUT2D eigenvalue weighted by molar-refractivity contribution is 7.21. The van der Waals surface area contributed by atoms with Crippen molar-refractivity contribution in [1.82, 2.24) is 5.32 Å². The summed E-state index contributed by atoms with van der Waals surface area (Å²) in [7, 11) is 0. The molecule has 3 rings (SSSR count). The number of nitrogens with one attached hydrogen (secondary N) is 1. The minimum absolute atomic E-state index is 0.0484. The Morgan fingerprint density at radius 1 is 1.21 bits per heavy atom. The number of hydrogen-bond donors (Lipinski definition) is 1. The zero-order valence-corrected chi connectivity index (χ0v) is 18.4. The molecule has 1 heterocycles. The first-order valence-electron chi connectivity index (χ1n) is 9.95. The van der Waals surface area contributed by atoms with Crippen LogP contribution in [0.3, 0.4) is 0 Å². The molecule has 2 aromatic rings. The molecule has 2 nitrogen and oxygen atoms in total. The Bertz CT molecular complexity index is 949. The molecule has 0 bridgehead atoms. The lowest BCUT2D eigenvalue weighted by Gasteiger charge is -2.39. The van der Waals surface area contributed by atoms with Gasteiger partial charge >= 0.3 is 6.18 Å². The molecule has 2 atom stereocenters. The minimum Gasteiger partial charge on any atom is -0.348 e. The normalized spacial score (nSPS) is 19.2. The van der Waals surface area contributed by atoms with Crippen LogP contribution in [0.2, 0.25) is 0 Å². The number of rotatable bonds is 3. The van der Waals surface area contributed by atoms with Crippen molar-refractivity contribution in [2.75, 3.05) is 0 Å². The fraction of sp³-hybridized carbons (Fsp3) is 0.522. The molecule has 1 aromatic carbocycles. The summed E-state index contributed by atoms with van der Waals surface area (Å²) >= 11 is 0.929. The number of halogens is 3. The molecule has 6 heteroatoms. The van der Waals surface area contributed by atoms with Crippen LogP contribution in [0.1, 0.15) is 67.8 Å². The third-order valence-electron chi connectivity index (χ3n) is 5.71. The molecule has 0 fully saturated rings. The summed E-state index contributed by atoms with van der Waals surface area (Å²) in [6.45, 7) is 9.86. The zero-order chi connectivity index (χ0) is 21.6. The second-order valence-electron chi connectivity index (χ2n) is 9.19. The predicted octanol–water partition coefficient (Wildman–Crippen LogP) is 7.12. The average molecular weight is 424 g/mol. The van der Waals surface area contributed by atoms with Gasteiger partial charge in [-0.25, -0.2) is 0 Å². The van der Waals surface area contributed by atoms with Crippen LogP contribution in [-0.4, -0.2) is 11.9 Å². The molecular weight excluding hydrogens is 395 g/mol. The Kier molecular flexibility index (Phi) is 5.87. The standard InChI is InChI=1S/C23H28F3NOS/c1-13-7-6-8-16(11-13)20(22(3,4)5)27-21(28)17-12-15-10-9-14(2)18(19(15)29-17)23(24,25)26/h7,9-10,12,16,20H,6,8,11H2,1-5H3,(H,27,28)/t16?,20-/m1/s1. The zero-order valence-electron chi connectivity index (χ0n) is 17.5. The van der Waals surface area contributed by atoms with E-state index in [1.807, 2.05) is 0 Å². The molecule has 0 saturated carbocycles. The van der Waals surface area contributed by atoms with Gasteiger partial charge in [-0.15, -0.1) is 11.3 Å². The van der Waals surface area contributed by atoms with Crippen LogP contribution in [0, 0.1) is 18.3 Å². The second kappa shape index (κ2) is 7.78. The third-order valence-corrected chi connectivity index (χ3v) is 6.87. The topological polar surface area (TPSA) is 29.1 Å². The number of hydrogen-bond acceptors (Lipinski definition) is 2. The second-order valence-corrected chi connectivity index (χ2v) is 10.2. The molecule has 0 radical (unpaired) electrons. The van der Waals surface area contributed by atoms with Gasteiger partial charge in [0.2, 0.25) is 0 Å². The highest BCUT2D eigenvalue weighted by Crippen LogP contribution is 2.41. The maximum absolute atomic E-state index is 13.5. The Labute approximate surface area is 174 Å². The maximum atomic E-state index is 13.5. The Morgan fingerprint density at radius 2 is 1.90 bits per heavy atom. The Balaban J connectivity index is 1.93. The van der Waals surface area contributed by atoms with Gasteiger partial charge in [0.05, 0.1) is 10.4 Å². The summed E-state index contributed by atoms with van der Waals surface area (Å²) in [5, 5.41) is 3.62. The first kappa shape index (κ1) is 21.9. The lowest BCUT2D eigenvalue weighted by molar-refractivity contribution is -0.136. The fourth-order valence-corrected chi connectivity index (χ4v) is 5.53. The number of fused-ring (bicyclic) bond motifs is 1. The van der Waals surface area contributed by atoms with Gasteiger partial charge in [-0.05, 0) is 61.5 Å². The summed E-state index contributed by atoms with van der Waals surface area (Å²) in [5.41, 5.74) is 0.717. The molecule has 1 N–H and O–H groups in total. The third kappa shape index (κ3) is 4.68. The number of thiophene rings is 1. The Hall–Kier alpha value is -1.82. The van der Waals surface area contributed by atoms with E-state index < -0.39 is 11.7 Å². The van der Waals surface area contributed by atoms with Gasteiger partial charge in [0.15, 0.2) is 0 Å². The Morgan fingerprint density at radius 3 is 2.48 bits per heavy atom. The van der Waals surface area contributed by atoms with Gasteiger partial charge in [0.25, 0.3) is 5.91 Å². The lowest BCUT2D eigenvalue weighted by atomic mass is 9.73. The van der Waals surface area contributed by atoms with Crippen molar-refractivity contribution >= 4 is 27.3 Å². The molecule has 1 aromatic heterocycles. The number of carbonyl (C=O) groups is 1. The van der Waals surface area contributed by atoms with Crippen molar-refractivity contribution in [3.05, 3.63) is 45.9 Å². The summed E-state index contributed by atoms with van der Waals surface area (Å²) in [6, 6.07) is 4.65. The number of benzene rings is 1. The van der Waals surface area contributed by atoms with Crippen molar-refractivity contribution in [1.29, 1.82) is 0 Å². The number of aryl methyl sites for hydroxylation is 1. The first-order chi connectivity index (χ1) is 13.4. The summed E-state index contributed by atoms with van der Waals surface area (Å²) in [5.74, 6) is 0.0374. The molecule has 29 heavy (non-hydrogen) atoms. The van der Waals surface area contributed by atoms with Gasteiger partial charge in [-0.2, -0.15) is 13.2 Å². The summed E-state index contributed by atoms with van der Waals surface area (Å²) in [6.07, 6.45) is 0.735. The molecular formula is C23H28F3NOS. The van der Waals surface area contributed by atoms with E-state index in [1.165, 1.54) is 18.6 Å². The molecule has 1 unspecified atom stereocenters. The van der Waals surface area contributed by atoms with Gasteiger partial charge in [-0.3, -0.25) is 4.79 Å². The molecule has 0 spiro atoms. The van der Waals surface area contributed by atoms with E-state index in [0.29, 0.717) is 16.2 Å². The van der Waals surface area contributed by atoms with Crippen LogP contribution >= 0.6 is 11.3 Å². The van der Waals surface area contributed by atoms with E-state index in [-0.39, 0.29) is 27.6 Å². The van der Waals surface area contributed by atoms with Crippen LogP contribution in [0.15, 0.2) is 29.8 Å². The van der Waals surface area contributed by atoms with E-state index in [2.05, 4.69) is 39.1 Å². The van der Waals surface area contributed by atoms with Gasteiger partial charge in [-0.1, -0.05) is 44.6 Å². The molecule has 0 aliphatic heterocycles. The van der Waals surface area contributed by atoms with E-state index in [1.54, 1.807) is 12.1 Å². The van der Waals surface area contributed by atoms with Gasteiger partial charge < -0.3 is 5.32 Å². The largest absolute Gasteiger partial charge is 0.418 e. The average Bonchev–Trinajstić information content (AvgIpc) is 3.01. The maximum Gasteiger partial charge on any atom is 0.418 e. The van der Waals surface area contributed by atoms with E-state index in [9.17, 15) is 18.0 Å². The highest BCUT2D eigenvalue weighted by Gasteiger charge is 2.37. The number of carbonyl (C=O) groups excluding carboxylic acids is 1. The highest BCUT2D eigenvalue weighted by atomic mass is 32.1. The van der Waals surface area contributed by atoms with Gasteiger partial charge in [0.1, 0.15) is 0 Å². The van der Waals surface area contributed by atoms with Crippen LogP contribution in [0.4, 0.5) is 13.2 Å². The first-order valence-corrected chi connectivity index (χ1v) is 10.8. The van der Waals surface area contributed by atoms with Crippen molar-refractivity contribution in [3.8, 4) is 0 Å².